The zero-order chi connectivity index (χ0) is 23.0. The Labute approximate surface area is 191 Å². The van der Waals surface area contributed by atoms with E-state index in [1.807, 2.05) is 35.8 Å². The smallest absolute Gasteiger partial charge is 0.254 e. The lowest BCUT2D eigenvalue weighted by atomic mass is 9.90. The van der Waals surface area contributed by atoms with Crippen molar-refractivity contribution >= 4 is 9.25 Å². The Morgan fingerprint density at radius 3 is 2.38 bits per heavy atom. The Morgan fingerprint density at radius 1 is 0.969 bits per heavy atom. The molecule has 3 aromatic rings. The molecule has 2 aromatic carbocycles. The maximum Gasteiger partial charge on any atom is 0.254 e. The zero-order valence-electron chi connectivity index (χ0n) is 19.5. The Hall–Kier alpha value is -2.50. The maximum atomic E-state index is 13.4. The Bertz CT molecular complexity index is 1230. The summed E-state index contributed by atoms with van der Waals surface area (Å²) in [5.41, 5.74) is 5.52. The van der Waals surface area contributed by atoms with Gasteiger partial charge in [0.2, 0.25) is 0 Å². The van der Waals surface area contributed by atoms with Gasteiger partial charge in [-0.3, -0.25) is 13.7 Å². The fourth-order valence-electron chi connectivity index (χ4n) is 4.78. The Kier molecular flexibility index (Phi) is 5.99. The van der Waals surface area contributed by atoms with Gasteiger partial charge in [0.05, 0.1) is 6.04 Å². The van der Waals surface area contributed by atoms with Crippen molar-refractivity contribution < 1.29 is 4.21 Å². The molecule has 0 amide bonds. The molecule has 0 saturated carbocycles. The number of hydrogen-bond acceptors (Lipinski definition) is 2. The van der Waals surface area contributed by atoms with Gasteiger partial charge in [0.25, 0.3) is 5.56 Å². The molecule has 4 rings (SSSR count). The number of nitrogens with zero attached hydrogens (tertiary/aromatic N) is 1. The van der Waals surface area contributed by atoms with Crippen molar-refractivity contribution in [3.8, 4) is 11.1 Å². The van der Waals surface area contributed by atoms with Crippen LogP contribution < -0.4 is 10.3 Å². The van der Waals surface area contributed by atoms with Crippen molar-refractivity contribution in [1.29, 1.82) is 0 Å². The summed E-state index contributed by atoms with van der Waals surface area (Å²) in [6.45, 7) is 2.02. The highest BCUT2D eigenvalue weighted by Crippen LogP contribution is 2.31. The topological polar surface area (TPSA) is 51.1 Å². The van der Waals surface area contributed by atoms with Crippen molar-refractivity contribution in [2.45, 2.75) is 44.7 Å². The van der Waals surface area contributed by atoms with Crippen LogP contribution in [0.1, 0.15) is 36.2 Å². The first-order chi connectivity index (χ1) is 15.1. The van der Waals surface area contributed by atoms with Crippen LogP contribution in [0.3, 0.4) is 0 Å². The minimum absolute atomic E-state index is 0.0350. The van der Waals surface area contributed by atoms with Crippen molar-refractivity contribution in [2.75, 3.05) is 18.8 Å². The highest BCUT2D eigenvalue weighted by molar-refractivity contribution is 8.16. The number of rotatable bonds is 6. The van der Waals surface area contributed by atoms with Crippen molar-refractivity contribution in [3.63, 3.8) is 0 Å². The predicted octanol–water partition coefficient (Wildman–Crippen LogP) is 4.39. The van der Waals surface area contributed by atoms with E-state index < -0.39 is 9.25 Å². The van der Waals surface area contributed by atoms with E-state index in [1.165, 1.54) is 16.7 Å². The second kappa shape index (κ2) is 8.45. The molecule has 4 nitrogen and oxygen atoms in total. The van der Waals surface area contributed by atoms with E-state index in [-0.39, 0.29) is 17.6 Å². The molecule has 32 heavy (non-hydrogen) atoms. The molecule has 1 aromatic heterocycles. The number of nitrogens with one attached hydrogen (secondary N) is 1. The summed E-state index contributed by atoms with van der Waals surface area (Å²) >= 11 is 0. The number of aryl methyl sites for hydroxylation is 2. The molecule has 170 valence electrons. The molecule has 2 atom stereocenters. The normalized spacial score (nSPS) is 19.7. The highest BCUT2D eigenvalue weighted by atomic mass is 32.3. The van der Waals surface area contributed by atoms with Gasteiger partial charge >= 0.3 is 0 Å². The van der Waals surface area contributed by atoms with Gasteiger partial charge in [-0.1, -0.05) is 76.8 Å². The SMILES string of the molecule is CCc1ccc2n(c1=O)C(Cc1cccc(-c3ccccc3)c1)C(NS(C)(C)(C)=O)CC2. The maximum absolute atomic E-state index is 13.4. The van der Waals surface area contributed by atoms with E-state index >= 15 is 0 Å². The first-order valence-electron chi connectivity index (χ1n) is 11.4. The summed E-state index contributed by atoms with van der Waals surface area (Å²) in [5, 5.41) is 0. The number of pyridine rings is 1. The van der Waals surface area contributed by atoms with E-state index in [9.17, 15) is 9.00 Å². The van der Waals surface area contributed by atoms with Crippen LogP contribution >= 0.6 is 0 Å². The van der Waals surface area contributed by atoms with Crippen LogP contribution in [0.4, 0.5) is 0 Å². The van der Waals surface area contributed by atoms with Gasteiger partial charge in [-0.05, 0) is 48.4 Å². The van der Waals surface area contributed by atoms with Crippen LogP contribution in [0.2, 0.25) is 0 Å². The molecule has 1 aliphatic heterocycles. The summed E-state index contributed by atoms with van der Waals surface area (Å²) < 4.78 is 18.6. The van der Waals surface area contributed by atoms with Gasteiger partial charge in [-0.15, -0.1) is 0 Å². The largest absolute Gasteiger partial charge is 0.307 e. The summed E-state index contributed by atoms with van der Waals surface area (Å²) in [5.74, 6) is 0. The summed E-state index contributed by atoms with van der Waals surface area (Å²) in [6.07, 6.45) is 8.43. The second-order valence-electron chi connectivity index (χ2n) is 9.90. The average molecular weight is 451 g/mol. The van der Waals surface area contributed by atoms with E-state index in [0.29, 0.717) is 12.8 Å². The highest BCUT2D eigenvalue weighted by Gasteiger charge is 2.34. The van der Waals surface area contributed by atoms with Crippen molar-refractivity contribution in [2.24, 2.45) is 0 Å². The van der Waals surface area contributed by atoms with Crippen molar-refractivity contribution in [3.05, 3.63) is 93.9 Å². The third-order valence-electron chi connectivity index (χ3n) is 6.20. The first-order valence-corrected chi connectivity index (χ1v) is 14.5. The molecule has 2 heterocycles. The molecule has 0 fully saturated rings. The van der Waals surface area contributed by atoms with E-state index in [1.54, 1.807) is 18.8 Å². The summed E-state index contributed by atoms with van der Waals surface area (Å²) in [4.78, 5) is 13.4. The summed E-state index contributed by atoms with van der Waals surface area (Å²) in [6, 6.07) is 22.8. The Balaban J connectivity index is 1.77. The van der Waals surface area contributed by atoms with Gasteiger partial charge in [0.15, 0.2) is 0 Å². The van der Waals surface area contributed by atoms with Gasteiger partial charge in [0, 0.05) is 36.1 Å². The Morgan fingerprint density at radius 2 is 1.69 bits per heavy atom. The molecule has 1 N–H and O–H groups in total. The average Bonchev–Trinajstić information content (AvgIpc) is 2.75. The first kappa shape index (κ1) is 22.7. The molecule has 0 radical (unpaired) electrons. The molecule has 0 aliphatic carbocycles. The molecule has 0 spiro atoms. The number of benzene rings is 2. The minimum atomic E-state index is -2.96. The van der Waals surface area contributed by atoms with E-state index in [4.69, 9.17) is 0 Å². The zero-order valence-corrected chi connectivity index (χ0v) is 20.3. The van der Waals surface area contributed by atoms with E-state index in [2.05, 4.69) is 47.2 Å². The van der Waals surface area contributed by atoms with E-state index in [0.717, 1.165) is 24.1 Å². The van der Waals surface area contributed by atoms with Crippen LogP contribution in [0, 0.1) is 0 Å². The van der Waals surface area contributed by atoms with Crippen LogP contribution in [0.5, 0.6) is 0 Å². The quantitative estimate of drug-likeness (QED) is 0.606. The standard InChI is InChI=1S/C27H34N2O2S/c1-5-21-14-15-24-16-17-25(28-32(2,3,4)31)26(29(24)27(21)30)19-20-10-9-13-23(18-20)22-11-7-6-8-12-22/h6-15,18,25-26H,5,16-17,19H2,1-4H3,(H,28,31). The third-order valence-corrected chi connectivity index (χ3v) is 7.31. The predicted molar refractivity (Wildman–Crippen MR) is 136 cm³/mol. The van der Waals surface area contributed by atoms with Gasteiger partial charge in [0.1, 0.15) is 0 Å². The molecule has 2 unspecified atom stereocenters. The third kappa shape index (κ3) is 5.11. The summed E-state index contributed by atoms with van der Waals surface area (Å²) in [7, 11) is -2.96. The number of aromatic nitrogens is 1. The fraction of sp³-hybridized carbons (Fsp3) is 0.370. The van der Waals surface area contributed by atoms with Gasteiger partial charge in [-0.25, -0.2) is 0 Å². The van der Waals surface area contributed by atoms with Crippen LogP contribution in [-0.4, -0.2) is 33.6 Å². The lowest BCUT2D eigenvalue weighted by molar-refractivity contribution is 0.315. The lowest BCUT2D eigenvalue weighted by Gasteiger charge is -2.42. The molecule has 0 saturated heterocycles. The number of fused-ring (bicyclic) bond motifs is 1. The molecular weight excluding hydrogens is 416 g/mol. The van der Waals surface area contributed by atoms with Gasteiger partial charge in [-0.2, -0.15) is 0 Å². The molecule has 0 bridgehead atoms. The number of hydrogen-bond donors (Lipinski definition) is 1. The van der Waals surface area contributed by atoms with Crippen molar-refractivity contribution in [1.82, 2.24) is 9.29 Å². The lowest BCUT2D eigenvalue weighted by Crippen LogP contribution is -2.55. The van der Waals surface area contributed by atoms with Crippen LogP contribution in [0.25, 0.3) is 11.1 Å². The second-order valence-corrected chi connectivity index (χ2v) is 15.0. The monoisotopic (exact) mass is 450 g/mol. The van der Waals surface area contributed by atoms with Crippen LogP contribution in [0.15, 0.2) is 71.5 Å². The molecule has 1 aliphatic rings. The molecule has 5 heteroatoms. The van der Waals surface area contributed by atoms with Gasteiger partial charge < -0.3 is 4.57 Å². The molecular formula is C27H34N2O2S. The minimum Gasteiger partial charge on any atom is -0.307 e. The fourth-order valence-corrected chi connectivity index (χ4v) is 6.09. The van der Waals surface area contributed by atoms with Crippen LogP contribution in [-0.2, 0) is 28.5 Å².